The van der Waals surface area contributed by atoms with Gasteiger partial charge >= 0.3 is 0 Å². The predicted molar refractivity (Wildman–Crippen MR) is 73.7 cm³/mol. The molecule has 0 spiro atoms. The number of aryl methyl sites for hydroxylation is 1. The molecule has 0 radical (unpaired) electrons. The summed E-state index contributed by atoms with van der Waals surface area (Å²) >= 11 is 0. The molecular weight excluding hydrogens is 210 g/mol. The summed E-state index contributed by atoms with van der Waals surface area (Å²) in [5, 5.41) is 0. The van der Waals surface area contributed by atoms with Crippen LogP contribution in [-0.2, 0) is 6.42 Å². The zero-order valence-corrected chi connectivity index (χ0v) is 11.4. The van der Waals surface area contributed by atoms with Crippen LogP contribution < -0.4 is 4.74 Å². The fraction of sp³-hybridized carbons (Fsp3) is 0.600. The Balaban J connectivity index is 2.29. The lowest BCUT2D eigenvalue weighted by atomic mass is 10.1. The first-order valence-corrected chi connectivity index (χ1v) is 6.59. The largest absolute Gasteiger partial charge is 0.494 e. The third-order valence-electron chi connectivity index (χ3n) is 2.76. The normalized spacial score (nSPS) is 10.8. The second-order valence-electron chi connectivity index (χ2n) is 4.75. The standard InChI is InChI=1S/C15H25NO/c1-4-5-13-17-15-10-8-14(9-11-15)7-6-12-16(2)3/h8-11H,4-7,12-13H2,1-3H3. The number of unbranched alkanes of at least 4 members (excludes halogenated alkanes) is 1. The van der Waals surface area contributed by atoms with Crippen LogP contribution >= 0.6 is 0 Å². The molecule has 0 heterocycles. The van der Waals surface area contributed by atoms with Crippen LogP contribution in [0.5, 0.6) is 5.75 Å². The molecule has 2 nitrogen and oxygen atoms in total. The smallest absolute Gasteiger partial charge is 0.119 e. The van der Waals surface area contributed by atoms with Gasteiger partial charge in [0, 0.05) is 0 Å². The average Bonchev–Trinajstić information content (AvgIpc) is 2.31. The first kappa shape index (κ1) is 14.0. The molecular formula is C15H25NO. The van der Waals surface area contributed by atoms with E-state index in [0.717, 1.165) is 31.7 Å². The van der Waals surface area contributed by atoms with Gasteiger partial charge in [0.05, 0.1) is 6.61 Å². The van der Waals surface area contributed by atoms with Gasteiger partial charge in [-0.05, 0) is 57.6 Å². The molecule has 0 unspecified atom stereocenters. The molecule has 17 heavy (non-hydrogen) atoms. The number of hydrogen-bond acceptors (Lipinski definition) is 2. The fourth-order valence-corrected chi connectivity index (χ4v) is 1.69. The van der Waals surface area contributed by atoms with Gasteiger partial charge in [-0.15, -0.1) is 0 Å². The quantitative estimate of drug-likeness (QED) is 0.641. The van der Waals surface area contributed by atoms with Crippen LogP contribution in [0.1, 0.15) is 31.7 Å². The summed E-state index contributed by atoms with van der Waals surface area (Å²) in [5.41, 5.74) is 1.40. The highest BCUT2D eigenvalue weighted by molar-refractivity contribution is 5.27. The maximum Gasteiger partial charge on any atom is 0.119 e. The van der Waals surface area contributed by atoms with Crippen molar-refractivity contribution >= 4 is 0 Å². The number of hydrogen-bond donors (Lipinski definition) is 0. The van der Waals surface area contributed by atoms with E-state index in [1.54, 1.807) is 0 Å². The summed E-state index contributed by atoms with van der Waals surface area (Å²) in [5.74, 6) is 0.995. The van der Waals surface area contributed by atoms with Crippen LogP contribution in [0.25, 0.3) is 0 Å². The topological polar surface area (TPSA) is 12.5 Å². The maximum absolute atomic E-state index is 5.64. The molecule has 0 saturated carbocycles. The molecule has 0 bridgehead atoms. The first-order chi connectivity index (χ1) is 8.22. The van der Waals surface area contributed by atoms with E-state index in [1.807, 2.05) is 0 Å². The van der Waals surface area contributed by atoms with E-state index in [2.05, 4.69) is 50.2 Å². The molecule has 0 aliphatic carbocycles. The third kappa shape index (κ3) is 6.32. The summed E-state index contributed by atoms with van der Waals surface area (Å²) in [6.45, 7) is 4.16. The molecule has 96 valence electrons. The predicted octanol–water partition coefficient (Wildman–Crippen LogP) is 3.36. The maximum atomic E-state index is 5.64. The Morgan fingerprint density at radius 1 is 1.06 bits per heavy atom. The number of ether oxygens (including phenoxy) is 1. The van der Waals surface area contributed by atoms with Gasteiger partial charge in [0.1, 0.15) is 5.75 Å². The molecule has 0 aromatic heterocycles. The van der Waals surface area contributed by atoms with Gasteiger partial charge in [0.2, 0.25) is 0 Å². The molecule has 0 fully saturated rings. The zero-order chi connectivity index (χ0) is 12.5. The molecule has 0 amide bonds. The van der Waals surface area contributed by atoms with Crippen molar-refractivity contribution in [2.45, 2.75) is 32.6 Å². The number of benzene rings is 1. The summed E-state index contributed by atoms with van der Waals surface area (Å²) in [6.07, 6.45) is 4.67. The molecule has 2 heteroatoms. The first-order valence-electron chi connectivity index (χ1n) is 6.59. The summed E-state index contributed by atoms with van der Waals surface area (Å²) in [4.78, 5) is 2.22. The zero-order valence-electron chi connectivity index (χ0n) is 11.4. The van der Waals surface area contributed by atoms with Crippen molar-refractivity contribution in [2.75, 3.05) is 27.2 Å². The van der Waals surface area contributed by atoms with Crippen LogP contribution in [0.2, 0.25) is 0 Å². The number of nitrogens with zero attached hydrogens (tertiary/aromatic N) is 1. The Kier molecular flexibility index (Phi) is 6.71. The fourth-order valence-electron chi connectivity index (χ4n) is 1.69. The highest BCUT2D eigenvalue weighted by atomic mass is 16.5. The Morgan fingerprint density at radius 2 is 1.76 bits per heavy atom. The van der Waals surface area contributed by atoms with Gasteiger partial charge in [-0.25, -0.2) is 0 Å². The highest BCUT2D eigenvalue weighted by Gasteiger charge is 1.97. The van der Waals surface area contributed by atoms with Crippen LogP contribution in [0.4, 0.5) is 0 Å². The van der Waals surface area contributed by atoms with E-state index in [-0.39, 0.29) is 0 Å². The van der Waals surface area contributed by atoms with Crippen molar-refractivity contribution in [3.63, 3.8) is 0 Å². The second-order valence-corrected chi connectivity index (χ2v) is 4.75. The monoisotopic (exact) mass is 235 g/mol. The molecule has 0 aliphatic rings. The van der Waals surface area contributed by atoms with Crippen LogP contribution in [0, 0.1) is 0 Å². The van der Waals surface area contributed by atoms with Crippen molar-refractivity contribution in [1.82, 2.24) is 4.90 Å². The Bertz CT molecular complexity index is 292. The van der Waals surface area contributed by atoms with Gasteiger partial charge in [0.15, 0.2) is 0 Å². The minimum Gasteiger partial charge on any atom is -0.494 e. The van der Waals surface area contributed by atoms with Gasteiger partial charge in [-0.2, -0.15) is 0 Å². The Hall–Kier alpha value is -1.02. The van der Waals surface area contributed by atoms with Crippen molar-refractivity contribution in [3.8, 4) is 5.75 Å². The van der Waals surface area contributed by atoms with Crippen molar-refractivity contribution < 1.29 is 4.74 Å². The molecule has 0 aliphatic heterocycles. The number of rotatable bonds is 8. The van der Waals surface area contributed by atoms with E-state index >= 15 is 0 Å². The highest BCUT2D eigenvalue weighted by Crippen LogP contribution is 2.13. The average molecular weight is 235 g/mol. The van der Waals surface area contributed by atoms with Crippen molar-refractivity contribution in [1.29, 1.82) is 0 Å². The van der Waals surface area contributed by atoms with Gasteiger partial charge in [0.25, 0.3) is 0 Å². The molecule has 0 atom stereocenters. The van der Waals surface area contributed by atoms with Gasteiger partial charge in [-0.3, -0.25) is 0 Å². The SMILES string of the molecule is CCCCOc1ccc(CCCN(C)C)cc1. The lowest BCUT2D eigenvalue weighted by Gasteiger charge is -2.09. The minimum absolute atomic E-state index is 0.830. The molecule has 1 aromatic carbocycles. The van der Waals surface area contributed by atoms with Crippen LogP contribution in [0.3, 0.4) is 0 Å². The minimum atomic E-state index is 0.830. The summed E-state index contributed by atoms with van der Waals surface area (Å²) in [7, 11) is 4.23. The summed E-state index contributed by atoms with van der Waals surface area (Å²) < 4.78 is 5.64. The van der Waals surface area contributed by atoms with E-state index in [4.69, 9.17) is 4.74 Å². The molecule has 1 aromatic rings. The van der Waals surface area contributed by atoms with E-state index in [0.29, 0.717) is 0 Å². The summed E-state index contributed by atoms with van der Waals surface area (Å²) in [6, 6.07) is 8.52. The lowest BCUT2D eigenvalue weighted by molar-refractivity contribution is 0.309. The molecule has 1 rings (SSSR count). The Labute approximate surface area is 106 Å². The Morgan fingerprint density at radius 3 is 2.35 bits per heavy atom. The van der Waals surface area contributed by atoms with E-state index in [1.165, 1.54) is 18.4 Å². The third-order valence-corrected chi connectivity index (χ3v) is 2.76. The van der Waals surface area contributed by atoms with Crippen LogP contribution in [0.15, 0.2) is 24.3 Å². The second kappa shape index (κ2) is 8.13. The lowest BCUT2D eigenvalue weighted by Crippen LogP contribution is -2.13. The van der Waals surface area contributed by atoms with Crippen molar-refractivity contribution in [3.05, 3.63) is 29.8 Å². The van der Waals surface area contributed by atoms with Gasteiger partial charge in [-0.1, -0.05) is 25.5 Å². The molecule has 0 saturated heterocycles. The van der Waals surface area contributed by atoms with E-state index in [9.17, 15) is 0 Å². The van der Waals surface area contributed by atoms with Gasteiger partial charge < -0.3 is 9.64 Å². The molecule has 0 N–H and O–H groups in total. The van der Waals surface area contributed by atoms with E-state index < -0.39 is 0 Å². The van der Waals surface area contributed by atoms with Crippen molar-refractivity contribution in [2.24, 2.45) is 0 Å². The van der Waals surface area contributed by atoms with Crippen LogP contribution in [-0.4, -0.2) is 32.1 Å².